The van der Waals surface area contributed by atoms with E-state index in [0.717, 1.165) is 32.4 Å². The van der Waals surface area contributed by atoms with E-state index in [4.69, 9.17) is 0 Å². The van der Waals surface area contributed by atoms with Crippen LogP contribution < -0.4 is 10.1 Å². The Morgan fingerprint density at radius 3 is 2.81 bits per heavy atom. The second-order valence-electron chi connectivity index (χ2n) is 4.99. The molecule has 1 fully saturated rings. The lowest BCUT2D eigenvalue weighted by Crippen LogP contribution is -2.45. The van der Waals surface area contributed by atoms with E-state index in [-0.39, 0.29) is 5.03 Å². The number of nitrogens with one attached hydrogen (secondary N) is 2. The van der Waals surface area contributed by atoms with Crippen molar-refractivity contribution >= 4 is 32.1 Å². The van der Waals surface area contributed by atoms with Gasteiger partial charge in [-0.05, 0) is 19.8 Å². The standard InChI is InChI=1S/C12H19N5O2S2/c1-2-13-10-11(17-8-9-20-12(17)14-10)21(18,19)15-16-6-4-3-5-7-16/h8-9,13,15H,2-7H2,1H3. The van der Waals surface area contributed by atoms with Gasteiger partial charge in [-0.3, -0.25) is 4.40 Å². The highest BCUT2D eigenvalue weighted by atomic mass is 32.2. The van der Waals surface area contributed by atoms with Gasteiger partial charge < -0.3 is 5.32 Å². The number of rotatable bonds is 5. The van der Waals surface area contributed by atoms with Gasteiger partial charge in [0.25, 0.3) is 10.0 Å². The minimum Gasteiger partial charge on any atom is -0.368 e. The summed E-state index contributed by atoms with van der Waals surface area (Å²) in [7, 11) is -3.65. The fourth-order valence-corrected chi connectivity index (χ4v) is 4.66. The molecule has 2 aromatic heterocycles. The maximum absolute atomic E-state index is 12.7. The van der Waals surface area contributed by atoms with Crippen molar-refractivity contribution in [1.82, 2.24) is 19.2 Å². The van der Waals surface area contributed by atoms with E-state index in [1.165, 1.54) is 11.3 Å². The van der Waals surface area contributed by atoms with E-state index in [9.17, 15) is 8.42 Å². The van der Waals surface area contributed by atoms with E-state index in [1.807, 2.05) is 12.3 Å². The molecule has 0 bridgehead atoms. The SMILES string of the molecule is CCNc1nc2sccn2c1S(=O)(=O)NN1CCCCC1. The van der Waals surface area contributed by atoms with Crippen LogP contribution in [0.1, 0.15) is 26.2 Å². The first kappa shape index (κ1) is 14.8. The molecule has 3 rings (SSSR count). The Hall–Kier alpha value is -1.16. The highest BCUT2D eigenvalue weighted by Gasteiger charge is 2.28. The Balaban J connectivity index is 1.96. The summed E-state index contributed by atoms with van der Waals surface area (Å²) >= 11 is 1.42. The molecule has 2 N–H and O–H groups in total. The number of aromatic nitrogens is 2. The van der Waals surface area contributed by atoms with Gasteiger partial charge >= 0.3 is 0 Å². The van der Waals surface area contributed by atoms with E-state index >= 15 is 0 Å². The molecule has 0 aliphatic carbocycles. The first-order chi connectivity index (χ1) is 10.1. The van der Waals surface area contributed by atoms with Crippen LogP contribution >= 0.6 is 11.3 Å². The van der Waals surface area contributed by atoms with E-state index < -0.39 is 10.0 Å². The number of fused-ring (bicyclic) bond motifs is 1. The van der Waals surface area contributed by atoms with Crippen molar-refractivity contribution in [2.45, 2.75) is 31.2 Å². The highest BCUT2D eigenvalue weighted by Crippen LogP contribution is 2.25. The van der Waals surface area contributed by atoms with Gasteiger partial charge in [0.15, 0.2) is 10.8 Å². The molecular weight excluding hydrogens is 310 g/mol. The molecule has 0 amide bonds. The van der Waals surface area contributed by atoms with Crippen LogP contribution in [0, 0.1) is 0 Å². The molecule has 0 aromatic carbocycles. The summed E-state index contributed by atoms with van der Waals surface area (Å²) in [6.07, 6.45) is 4.92. The van der Waals surface area contributed by atoms with Crippen LogP contribution in [0.3, 0.4) is 0 Å². The summed E-state index contributed by atoms with van der Waals surface area (Å²) in [6, 6.07) is 0. The third-order valence-electron chi connectivity index (χ3n) is 3.42. The average molecular weight is 329 g/mol. The molecular formula is C12H19N5O2S2. The van der Waals surface area contributed by atoms with Crippen LogP contribution in [0.15, 0.2) is 16.6 Å². The van der Waals surface area contributed by atoms with Crippen LogP contribution in [0.25, 0.3) is 4.96 Å². The van der Waals surface area contributed by atoms with Crippen molar-refractivity contribution in [2.24, 2.45) is 0 Å². The van der Waals surface area contributed by atoms with Crippen molar-refractivity contribution in [1.29, 1.82) is 0 Å². The van der Waals surface area contributed by atoms with Gasteiger partial charge in [0.2, 0.25) is 5.03 Å². The van der Waals surface area contributed by atoms with Gasteiger partial charge in [-0.1, -0.05) is 6.42 Å². The van der Waals surface area contributed by atoms with Crippen LogP contribution in [0.4, 0.5) is 5.82 Å². The predicted molar refractivity (Wildman–Crippen MR) is 83.0 cm³/mol. The summed E-state index contributed by atoms with van der Waals surface area (Å²) < 4.78 is 27.1. The molecule has 1 aliphatic heterocycles. The molecule has 21 heavy (non-hydrogen) atoms. The maximum Gasteiger partial charge on any atom is 0.273 e. The fourth-order valence-electron chi connectivity index (χ4n) is 2.50. The molecule has 2 aromatic rings. The number of thiazole rings is 1. The number of nitrogens with zero attached hydrogens (tertiary/aromatic N) is 3. The Kier molecular flexibility index (Phi) is 4.16. The summed E-state index contributed by atoms with van der Waals surface area (Å²) in [6.45, 7) is 4.04. The Morgan fingerprint density at radius 1 is 1.33 bits per heavy atom. The minimum absolute atomic E-state index is 0.186. The zero-order valence-electron chi connectivity index (χ0n) is 11.9. The molecule has 0 atom stereocenters. The topological polar surface area (TPSA) is 78.7 Å². The van der Waals surface area contributed by atoms with Gasteiger partial charge in [0, 0.05) is 31.2 Å². The monoisotopic (exact) mass is 329 g/mol. The molecule has 0 saturated carbocycles. The number of imidazole rings is 1. The highest BCUT2D eigenvalue weighted by molar-refractivity contribution is 7.89. The normalized spacial score (nSPS) is 17.4. The molecule has 116 valence electrons. The number of anilines is 1. The predicted octanol–water partition coefficient (Wildman–Crippen LogP) is 1.51. The van der Waals surface area contributed by atoms with Crippen LogP contribution in [0.2, 0.25) is 0 Å². The average Bonchev–Trinajstić information content (AvgIpc) is 2.99. The number of hydrogen-bond acceptors (Lipinski definition) is 6. The van der Waals surface area contributed by atoms with Gasteiger partial charge in [0.05, 0.1) is 0 Å². The first-order valence-electron chi connectivity index (χ1n) is 7.08. The van der Waals surface area contributed by atoms with Crippen molar-refractivity contribution < 1.29 is 8.42 Å². The minimum atomic E-state index is -3.65. The zero-order valence-corrected chi connectivity index (χ0v) is 13.5. The second kappa shape index (κ2) is 5.91. The lowest BCUT2D eigenvalue weighted by atomic mass is 10.2. The molecule has 7 nitrogen and oxygen atoms in total. The van der Waals surface area contributed by atoms with Gasteiger partial charge in [-0.15, -0.1) is 16.2 Å². The van der Waals surface area contributed by atoms with Gasteiger partial charge in [-0.2, -0.15) is 0 Å². The van der Waals surface area contributed by atoms with Crippen LogP contribution in [0.5, 0.6) is 0 Å². The lowest BCUT2D eigenvalue weighted by Gasteiger charge is -2.26. The van der Waals surface area contributed by atoms with Crippen LogP contribution in [-0.2, 0) is 10.0 Å². The zero-order chi connectivity index (χ0) is 14.9. The van der Waals surface area contributed by atoms with Gasteiger partial charge in [0.1, 0.15) is 0 Å². The number of sulfonamides is 1. The molecule has 1 aliphatic rings. The number of hydrogen-bond donors (Lipinski definition) is 2. The molecule has 0 radical (unpaired) electrons. The number of piperidine rings is 1. The van der Waals surface area contributed by atoms with Crippen molar-refractivity contribution in [3.05, 3.63) is 11.6 Å². The summed E-state index contributed by atoms with van der Waals surface area (Å²) in [4.78, 5) is 7.71. The molecule has 1 saturated heterocycles. The Bertz CT molecular complexity index is 715. The van der Waals surface area contributed by atoms with E-state index in [2.05, 4.69) is 15.1 Å². The fraction of sp³-hybridized carbons (Fsp3) is 0.583. The van der Waals surface area contributed by atoms with Crippen molar-refractivity contribution in [3.63, 3.8) is 0 Å². The lowest BCUT2D eigenvalue weighted by molar-refractivity contribution is 0.199. The van der Waals surface area contributed by atoms with Crippen molar-refractivity contribution in [3.8, 4) is 0 Å². The molecule has 0 unspecified atom stereocenters. The van der Waals surface area contributed by atoms with Gasteiger partial charge in [-0.25, -0.2) is 18.4 Å². The molecule has 9 heteroatoms. The quantitative estimate of drug-likeness (QED) is 0.869. The maximum atomic E-state index is 12.7. The smallest absolute Gasteiger partial charge is 0.273 e. The number of hydrazine groups is 1. The molecule has 0 spiro atoms. The second-order valence-corrected chi connectivity index (χ2v) is 7.44. The van der Waals surface area contributed by atoms with E-state index in [0.29, 0.717) is 17.3 Å². The first-order valence-corrected chi connectivity index (χ1v) is 9.45. The van der Waals surface area contributed by atoms with Crippen molar-refractivity contribution in [2.75, 3.05) is 25.0 Å². The largest absolute Gasteiger partial charge is 0.368 e. The molecule has 3 heterocycles. The summed E-state index contributed by atoms with van der Waals surface area (Å²) in [5, 5.41) is 6.83. The third-order valence-corrected chi connectivity index (χ3v) is 5.58. The Labute approximate surface area is 128 Å². The summed E-state index contributed by atoms with van der Waals surface area (Å²) in [5.41, 5.74) is 0. The third kappa shape index (κ3) is 2.91. The summed E-state index contributed by atoms with van der Waals surface area (Å²) in [5.74, 6) is 0.411. The van der Waals surface area contributed by atoms with Crippen LogP contribution in [-0.4, -0.2) is 42.4 Å². The Morgan fingerprint density at radius 2 is 2.10 bits per heavy atom. The van der Waals surface area contributed by atoms with E-state index in [1.54, 1.807) is 15.6 Å².